The van der Waals surface area contributed by atoms with Gasteiger partial charge in [0.25, 0.3) is 0 Å². The molecule has 19 heavy (non-hydrogen) atoms. The standard InChI is InChI=1S/C12H18N2O5/c1-19-10(15)5-4-9(12(17)18)14-11(16)7-2-3-8(13)6-7/h2-3,7-9H,4-6,13H2,1H3,(H,14,16)(H,17,18)/t7?,8?,9-/m1/s1. The third-order valence-electron chi connectivity index (χ3n) is 2.93. The molecule has 7 nitrogen and oxygen atoms in total. The molecule has 0 saturated carbocycles. The Morgan fingerprint density at radius 1 is 1.47 bits per heavy atom. The first-order valence-corrected chi connectivity index (χ1v) is 5.98. The number of carbonyl (C=O) groups is 3. The Kier molecular flexibility index (Phi) is 5.50. The number of nitrogens with two attached hydrogens (primary N) is 1. The van der Waals surface area contributed by atoms with Crippen LogP contribution in [0.5, 0.6) is 0 Å². The lowest BCUT2D eigenvalue weighted by molar-refractivity contribution is -0.144. The van der Waals surface area contributed by atoms with Crippen LogP contribution in [0.15, 0.2) is 12.2 Å². The Bertz CT molecular complexity index is 394. The Balaban J connectivity index is 2.49. The number of methoxy groups -OCH3 is 1. The molecule has 1 amide bonds. The Morgan fingerprint density at radius 2 is 2.16 bits per heavy atom. The van der Waals surface area contributed by atoms with Crippen LogP contribution < -0.4 is 11.1 Å². The second kappa shape index (κ2) is 6.89. The molecule has 0 spiro atoms. The van der Waals surface area contributed by atoms with Crippen LogP contribution in [-0.2, 0) is 19.1 Å². The van der Waals surface area contributed by atoms with Crippen LogP contribution in [0.25, 0.3) is 0 Å². The molecule has 2 unspecified atom stereocenters. The minimum Gasteiger partial charge on any atom is -0.480 e. The largest absolute Gasteiger partial charge is 0.480 e. The van der Waals surface area contributed by atoms with Gasteiger partial charge in [-0.1, -0.05) is 12.2 Å². The highest BCUT2D eigenvalue weighted by atomic mass is 16.5. The summed E-state index contributed by atoms with van der Waals surface area (Å²) < 4.78 is 4.43. The number of nitrogens with one attached hydrogen (secondary N) is 1. The molecule has 0 radical (unpaired) electrons. The first-order valence-electron chi connectivity index (χ1n) is 5.98. The third kappa shape index (κ3) is 4.70. The predicted octanol–water partition coefficient (Wildman–Crippen LogP) is -0.588. The van der Waals surface area contributed by atoms with E-state index >= 15 is 0 Å². The van der Waals surface area contributed by atoms with E-state index in [0.717, 1.165) is 0 Å². The number of hydrogen-bond acceptors (Lipinski definition) is 5. The van der Waals surface area contributed by atoms with Crippen molar-refractivity contribution in [2.24, 2.45) is 11.7 Å². The van der Waals surface area contributed by atoms with Crippen molar-refractivity contribution >= 4 is 17.8 Å². The fourth-order valence-corrected chi connectivity index (χ4v) is 1.82. The smallest absolute Gasteiger partial charge is 0.326 e. The molecule has 0 bridgehead atoms. The van der Waals surface area contributed by atoms with E-state index in [1.165, 1.54) is 7.11 Å². The molecule has 7 heteroatoms. The van der Waals surface area contributed by atoms with Gasteiger partial charge in [-0.05, 0) is 12.8 Å². The number of amides is 1. The molecule has 1 aliphatic rings. The minimum atomic E-state index is -1.18. The number of esters is 1. The lowest BCUT2D eigenvalue weighted by atomic mass is 10.1. The highest BCUT2D eigenvalue weighted by molar-refractivity contribution is 5.86. The highest BCUT2D eigenvalue weighted by Gasteiger charge is 2.27. The number of hydrogen-bond donors (Lipinski definition) is 3. The maximum absolute atomic E-state index is 11.8. The zero-order valence-electron chi connectivity index (χ0n) is 10.7. The molecule has 0 fully saturated rings. The summed E-state index contributed by atoms with van der Waals surface area (Å²) in [5.41, 5.74) is 5.63. The summed E-state index contributed by atoms with van der Waals surface area (Å²) in [4.78, 5) is 33.8. The number of rotatable bonds is 6. The highest BCUT2D eigenvalue weighted by Crippen LogP contribution is 2.16. The summed E-state index contributed by atoms with van der Waals surface area (Å²) in [7, 11) is 1.22. The van der Waals surface area contributed by atoms with Gasteiger partial charge in [0.05, 0.1) is 13.0 Å². The second-order valence-corrected chi connectivity index (χ2v) is 4.41. The number of carbonyl (C=O) groups excluding carboxylic acids is 2. The minimum absolute atomic E-state index is 0.00374. The van der Waals surface area contributed by atoms with Gasteiger partial charge in [-0.3, -0.25) is 9.59 Å². The van der Waals surface area contributed by atoms with E-state index in [4.69, 9.17) is 10.8 Å². The molecule has 0 aliphatic heterocycles. The molecule has 1 rings (SSSR count). The van der Waals surface area contributed by atoms with Gasteiger partial charge in [0.2, 0.25) is 5.91 Å². The lowest BCUT2D eigenvalue weighted by Crippen LogP contribution is -2.43. The molecule has 0 saturated heterocycles. The van der Waals surface area contributed by atoms with Crippen LogP contribution in [0.3, 0.4) is 0 Å². The van der Waals surface area contributed by atoms with Crippen molar-refractivity contribution in [2.45, 2.75) is 31.3 Å². The monoisotopic (exact) mass is 270 g/mol. The normalized spacial score (nSPS) is 22.8. The Labute approximate surface area is 110 Å². The third-order valence-corrected chi connectivity index (χ3v) is 2.93. The summed E-state index contributed by atoms with van der Waals surface area (Å²) in [6.07, 6.45) is 3.78. The van der Waals surface area contributed by atoms with Gasteiger partial charge < -0.3 is 20.9 Å². The first kappa shape index (κ1) is 15.2. The molecule has 4 N–H and O–H groups in total. The van der Waals surface area contributed by atoms with E-state index in [2.05, 4.69) is 10.1 Å². The van der Waals surface area contributed by atoms with E-state index < -0.39 is 23.9 Å². The molecular formula is C12H18N2O5. The Morgan fingerprint density at radius 3 is 2.63 bits per heavy atom. The molecule has 0 aromatic carbocycles. The molecule has 0 heterocycles. The van der Waals surface area contributed by atoms with Crippen LogP contribution in [0.1, 0.15) is 19.3 Å². The number of carboxylic acid groups (broad SMARTS) is 1. The van der Waals surface area contributed by atoms with E-state index in [0.29, 0.717) is 6.42 Å². The average molecular weight is 270 g/mol. The van der Waals surface area contributed by atoms with Crippen LogP contribution >= 0.6 is 0 Å². The van der Waals surface area contributed by atoms with E-state index in [1.54, 1.807) is 12.2 Å². The SMILES string of the molecule is COC(=O)CC[C@@H](NC(=O)C1C=CC(N)C1)C(=O)O. The molecule has 1 aliphatic carbocycles. The molecule has 0 aromatic heterocycles. The van der Waals surface area contributed by atoms with Gasteiger partial charge in [-0.2, -0.15) is 0 Å². The summed E-state index contributed by atoms with van der Waals surface area (Å²) >= 11 is 0. The van der Waals surface area contributed by atoms with Crippen LogP contribution in [0.2, 0.25) is 0 Å². The van der Waals surface area contributed by atoms with Gasteiger partial charge in [0.15, 0.2) is 0 Å². The number of aliphatic carboxylic acids is 1. The maximum atomic E-state index is 11.8. The zero-order chi connectivity index (χ0) is 14.4. The summed E-state index contributed by atoms with van der Waals surface area (Å²) in [5, 5.41) is 11.4. The van der Waals surface area contributed by atoms with E-state index in [1.807, 2.05) is 0 Å². The molecular weight excluding hydrogens is 252 g/mol. The zero-order valence-corrected chi connectivity index (χ0v) is 10.7. The van der Waals surface area contributed by atoms with Crippen molar-refractivity contribution in [1.82, 2.24) is 5.32 Å². The molecule has 106 valence electrons. The van der Waals surface area contributed by atoms with Crippen molar-refractivity contribution in [3.8, 4) is 0 Å². The summed E-state index contributed by atoms with van der Waals surface area (Å²) in [5.74, 6) is -2.48. The van der Waals surface area contributed by atoms with Gasteiger partial charge >= 0.3 is 11.9 Å². The van der Waals surface area contributed by atoms with Crippen molar-refractivity contribution < 1.29 is 24.2 Å². The summed E-state index contributed by atoms with van der Waals surface area (Å²) in [6.45, 7) is 0. The first-order chi connectivity index (χ1) is 8.93. The quantitative estimate of drug-likeness (QED) is 0.438. The van der Waals surface area contributed by atoms with Crippen molar-refractivity contribution in [3.05, 3.63) is 12.2 Å². The second-order valence-electron chi connectivity index (χ2n) is 4.41. The van der Waals surface area contributed by atoms with E-state index in [-0.39, 0.29) is 24.8 Å². The number of ether oxygens (including phenoxy) is 1. The predicted molar refractivity (Wildman–Crippen MR) is 66.0 cm³/mol. The van der Waals surface area contributed by atoms with Crippen LogP contribution in [-0.4, -0.2) is 42.1 Å². The van der Waals surface area contributed by atoms with Crippen molar-refractivity contribution in [3.63, 3.8) is 0 Å². The van der Waals surface area contributed by atoms with E-state index in [9.17, 15) is 14.4 Å². The van der Waals surface area contributed by atoms with Crippen molar-refractivity contribution in [2.75, 3.05) is 7.11 Å². The molecule has 0 aromatic rings. The fraction of sp³-hybridized carbons (Fsp3) is 0.583. The van der Waals surface area contributed by atoms with Crippen LogP contribution in [0.4, 0.5) is 0 Å². The van der Waals surface area contributed by atoms with Crippen LogP contribution in [0, 0.1) is 5.92 Å². The maximum Gasteiger partial charge on any atom is 0.326 e. The Hall–Kier alpha value is -1.89. The lowest BCUT2D eigenvalue weighted by Gasteiger charge is -2.16. The average Bonchev–Trinajstić information content (AvgIpc) is 2.80. The van der Waals surface area contributed by atoms with Gasteiger partial charge in [-0.25, -0.2) is 4.79 Å². The topological polar surface area (TPSA) is 119 Å². The molecule has 3 atom stereocenters. The van der Waals surface area contributed by atoms with Gasteiger partial charge in [-0.15, -0.1) is 0 Å². The number of carboxylic acids is 1. The van der Waals surface area contributed by atoms with Gasteiger partial charge in [0, 0.05) is 12.5 Å². The van der Waals surface area contributed by atoms with Gasteiger partial charge in [0.1, 0.15) is 6.04 Å². The van der Waals surface area contributed by atoms with Crippen molar-refractivity contribution in [1.29, 1.82) is 0 Å². The summed E-state index contributed by atoms with van der Waals surface area (Å²) in [6, 6.07) is -1.27. The fourth-order valence-electron chi connectivity index (χ4n) is 1.82.